The van der Waals surface area contributed by atoms with Gasteiger partial charge in [-0.2, -0.15) is 0 Å². The van der Waals surface area contributed by atoms with E-state index in [1.54, 1.807) is 0 Å². The SMILES string of the molecule is CC(NC(=O)C1CCCNC1)c1ccc2c(c1)CCCC2. The highest BCUT2D eigenvalue weighted by Gasteiger charge is 2.22. The van der Waals surface area contributed by atoms with Crippen molar-refractivity contribution in [2.45, 2.75) is 51.5 Å². The standard InChI is InChI=1S/C18H26N2O/c1-13(20-18(21)17-7-4-10-19-12-17)15-9-8-14-5-2-3-6-16(14)11-15/h8-9,11,13,17,19H,2-7,10,12H2,1H3,(H,20,21). The molecule has 1 fully saturated rings. The molecule has 2 aliphatic rings. The van der Waals surface area contributed by atoms with E-state index in [1.807, 2.05) is 0 Å². The van der Waals surface area contributed by atoms with E-state index in [4.69, 9.17) is 0 Å². The minimum atomic E-state index is 0.103. The molecule has 114 valence electrons. The highest BCUT2D eigenvalue weighted by atomic mass is 16.1. The lowest BCUT2D eigenvalue weighted by Gasteiger charge is -2.25. The van der Waals surface area contributed by atoms with Crippen LogP contribution in [0.2, 0.25) is 0 Å². The van der Waals surface area contributed by atoms with E-state index >= 15 is 0 Å². The monoisotopic (exact) mass is 286 g/mol. The molecule has 1 aromatic carbocycles. The predicted octanol–water partition coefficient (Wildman–Crippen LogP) is 2.74. The molecular formula is C18H26N2O. The van der Waals surface area contributed by atoms with E-state index in [-0.39, 0.29) is 17.9 Å². The van der Waals surface area contributed by atoms with Crippen molar-refractivity contribution in [2.24, 2.45) is 5.92 Å². The fourth-order valence-corrected chi connectivity index (χ4v) is 3.51. The molecule has 1 aliphatic carbocycles. The zero-order valence-electron chi connectivity index (χ0n) is 13.0. The van der Waals surface area contributed by atoms with Crippen molar-refractivity contribution in [1.82, 2.24) is 10.6 Å². The third-order valence-electron chi connectivity index (χ3n) is 4.90. The summed E-state index contributed by atoms with van der Waals surface area (Å²) in [5.74, 6) is 0.339. The largest absolute Gasteiger partial charge is 0.349 e. The first kappa shape index (κ1) is 14.6. The van der Waals surface area contributed by atoms with Crippen LogP contribution in [0.3, 0.4) is 0 Å². The fourth-order valence-electron chi connectivity index (χ4n) is 3.51. The van der Waals surface area contributed by atoms with Crippen molar-refractivity contribution >= 4 is 5.91 Å². The second-order valence-corrected chi connectivity index (χ2v) is 6.51. The van der Waals surface area contributed by atoms with E-state index in [1.165, 1.54) is 42.4 Å². The summed E-state index contributed by atoms with van der Waals surface area (Å²) >= 11 is 0. The summed E-state index contributed by atoms with van der Waals surface area (Å²) in [6.45, 7) is 3.96. The lowest BCUT2D eigenvalue weighted by molar-refractivity contribution is -0.126. The van der Waals surface area contributed by atoms with Crippen LogP contribution in [-0.2, 0) is 17.6 Å². The number of carbonyl (C=O) groups is 1. The Morgan fingerprint density at radius 3 is 2.81 bits per heavy atom. The Balaban J connectivity index is 1.64. The summed E-state index contributed by atoms with van der Waals surface area (Å²) < 4.78 is 0. The van der Waals surface area contributed by atoms with Gasteiger partial charge in [0, 0.05) is 6.54 Å². The fraction of sp³-hybridized carbons (Fsp3) is 0.611. The predicted molar refractivity (Wildman–Crippen MR) is 85.2 cm³/mol. The number of aryl methyl sites for hydroxylation is 2. The summed E-state index contributed by atoms with van der Waals surface area (Å²) in [6.07, 6.45) is 7.12. The molecule has 1 heterocycles. The number of piperidine rings is 1. The molecule has 0 radical (unpaired) electrons. The van der Waals surface area contributed by atoms with Crippen molar-refractivity contribution < 1.29 is 4.79 Å². The smallest absolute Gasteiger partial charge is 0.224 e. The van der Waals surface area contributed by atoms with Crippen LogP contribution < -0.4 is 10.6 Å². The summed E-state index contributed by atoms with van der Waals surface area (Å²) in [5, 5.41) is 6.50. The van der Waals surface area contributed by atoms with Gasteiger partial charge in [0.15, 0.2) is 0 Å². The Morgan fingerprint density at radius 1 is 1.24 bits per heavy atom. The maximum Gasteiger partial charge on any atom is 0.224 e. The number of hydrogen-bond donors (Lipinski definition) is 2. The van der Waals surface area contributed by atoms with Gasteiger partial charge in [0.1, 0.15) is 0 Å². The van der Waals surface area contributed by atoms with Gasteiger partial charge in [-0.3, -0.25) is 4.79 Å². The second kappa shape index (κ2) is 6.61. The molecule has 1 aromatic rings. The molecule has 2 unspecified atom stereocenters. The maximum absolute atomic E-state index is 12.3. The van der Waals surface area contributed by atoms with Crippen LogP contribution in [0, 0.1) is 5.92 Å². The Kier molecular flexibility index (Phi) is 4.59. The number of benzene rings is 1. The number of carbonyl (C=O) groups excluding carboxylic acids is 1. The normalized spacial score (nSPS) is 23.2. The van der Waals surface area contributed by atoms with E-state index in [0.29, 0.717) is 0 Å². The molecule has 0 spiro atoms. The Labute approximate surface area is 127 Å². The lowest BCUT2D eigenvalue weighted by atomic mass is 9.89. The van der Waals surface area contributed by atoms with Gasteiger partial charge in [-0.15, -0.1) is 0 Å². The number of hydrogen-bond acceptors (Lipinski definition) is 2. The van der Waals surface area contributed by atoms with Crippen LogP contribution >= 0.6 is 0 Å². The van der Waals surface area contributed by atoms with Gasteiger partial charge in [-0.05, 0) is 68.7 Å². The molecule has 2 atom stereocenters. The van der Waals surface area contributed by atoms with E-state index in [9.17, 15) is 4.79 Å². The summed E-state index contributed by atoms with van der Waals surface area (Å²) in [7, 11) is 0. The van der Waals surface area contributed by atoms with Crippen LogP contribution in [-0.4, -0.2) is 19.0 Å². The van der Waals surface area contributed by atoms with Crippen LogP contribution in [0.1, 0.15) is 55.3 Å². The Hall–Kier alpha value is -1.35. The number of nitrogens with one attached hydrogen (secondary N) is 2. The van der Waals surface area contributed by atoms with Gasteiger partial charge >= 0.3 is 0 Å². The third kappa shape index (κ3) is 3.46. The van der Waals surface area contributed by atoms with E-state index in [2.05, 4.69) is 35.8 Å². The van der Waals surface area contributed by atoms with Crippen LogP contribution in [0.4, 0.5) is 0 Å². The molecule has 0 aromatic heterocycles. The van der Waals surface area contributed by atoms with Gasteiger partial charge in [-0.1, -0.05) is 18.2 Å². The molecule has 1 amide bonds. The minimum Gasteiger partial charge on any atom is -0.349 e. The first-order chi connectivity index (χ1) is 10.2. The zero-order chi connectivity index (χ0) is 14.7. The van der Waals surface area contributed by atoms with Crippen LogP contribution in [0.25, 0.3) is 0 Å². The third-order valence-corrected chi connectivity index (χ3v) is 4.90. The molecule has 1 aliphatic heterocycles. The molecular weight excluding hydrogens is 260 g/mol. The maximum atomic E-state index is 12.3. The van der Waals surface area contributed by atoms with E-state index < -0.39 is 0 Å². The molecule has 1 saturated heterocycles. The molecule has 0 saturated carbocycles. The summed E-state index contributed by atoms with van der Waals surface area (Å²) in [4.78, 5) is 12.3. The summed E-state index contributed by atoms with van der Waals surface area (Å²) in [5.41, 5.74) is 4.23. The number of fused-ring (bicyclic) bond motifs is 1. The first-order valence-electron chi connectivity index (χ1n) is 8.37. The quantitative estimate of drug-likeness (QED) is 0.897. The number of rotatable bonds is 3. The van der Waals surface area contributed by atoms with Gasteiger partial charge in [0.05, 0.1) is 12.0 Å². The topological polar surface area (TPSA) is 41.1 Å². The van der Waals surface area contributed by atoms with Gasteiger partial charge < -0.3 is 10.6 Å². The van der Waals surface area contributed by atoms with Crippen molar-refractivity contribution in [3.63, 3.8) is 0 Å². The van der Waals surface area contributed by atoms with Crippen molar-refractivity contribution in [3.05, 3.63) is 34.9 Å². The molecule has 0 bridgehead atoms. The van der Waals surface area contributed by atoms with Gasteiger partial charge in [0.2, 0.25) is 5.91 Å². The zero-order valence-corrected chi connectivity index (χ0v) is 13.0. The Bertz CT molecular complexity index is 506. The minimum absolute atomic E-state index is 0.103. The highest BCUT2D eigenvalue weighted by Crippen LogP contribution is 2.25. The van der Waals surface area contributed by atoms with Gasteiger partial charge in [-0.25, -0.2) is 0 Å². The number of amides is 1. The van der Waals surface area contributed by atoms with Crippen molar-refractivity contribution in [1.29, 1.82) is 0 Å². The highest BCUT2D eigenvalue weighted by molar-refractivity contribution is 5.79. The van der Waals surface area contributed by atoms with Gasteiger partial charge in [0.25, 0.3) is 0 Å². The molecule has 21 heavy (non-hydrogen) atoms. The molecule has 2 N–H and O–H groups in total. The van der Waals surface area contributed by atoms with Crippen LogP contribution in [0.5, 0.6) is 0 Å². The summed E-state index contributed by atoms with van der Waals surface area (Å²) in [6, 6.07) is 6.85. The average molecular weight is 286 g/mol. The van der Waals surface area contributed by atoms with Crippen molar-refractivity contribution in [2.75, 3.05) is 13.1 Å². The first-order valence-corrected chi connectivity index (χ1v) is 8.37. The average Bonchev–Trinajstić information content (AvgIpc) is 2.55. The van der Waals surface area contributed by atoms with Crippen molar-refractivity contribution in [3.8, 4) is 0 Å². The lowest BCUT2D eigenvalue weighted by Crippen LogP contribution is -2.41. The second-order valence-electron chi connectivity index (χ2n) is 6.51. The van der Waals surface area contributed by atoms with E-state index in [0.717, 1.165) is 25.9 Å². The molecule has 3 heteroatoms. The molecule has 3 rings (SSSR count). The molecule has 3 nitrogen and oxygen atoms in total. The Morgan fingerprint density at radius 2 is 2.05 bits per heavy atom. The van der Waals surface area contributed by atoms with Crippen LogP contribution in [0.15, 0.2) is 18.2 Å².